The summed E-state index contributed by atoms with van der Waals surface area (Å²) in [5.74, 6) is -0.464. The number of likely N-dealkylation sites (tertiary alicyclic amines) is 1. The Morgan fingerprint density at radius 2 is 1.70 bits per heavy atom. The molecule has 0 bridgehead atoms. The first-order valence-corrected chi connectivity index (χ1v) is 11.8. The third kappa shape index (κ3) is 3.53. The molecule has 1 aromatic rings. The zero-order chi connectivity index (χ0) is 22.9. The average Bonchev–Trinajstić information content (AvgIpc) is 3.32. The second-order valence-corrected chi connectivity index (χ2v) is 10.3. The number of anilines is 1. The first kappa shape index (κ1) is 20.8. The van der Waals surface area contributed by atoms with E-state index in [4.69, 9.17) is 0 Å². The number of amides is 4. The molecular weight excluding hydrogens is 427 g/mol. The fourth-order valence-corrected chi connectivity index (χ4v) is 6.00. The number of halogens is 1. The van der Waals surface area contributed by atoms with E-state index in [1.165, 1.54) is 6.42 Å². The number of carbonyl (C=O) groups is 4. The Balaban J connectivity index is 1.14. The van der Waals surface area contributed by atoms with Crippen LogP contribution < -0.4 is 10.2 Å². The van der Waals surface area contributed by atoms with Crippen molar-refractivity contribution in [1.29, 1.82) is 0 Å². The van der Waals surface area contributed by atoms with E-state index < -0.39 is 35.3 Å². The third-order valence-corrected chi connectivity index (χ3v) is 8.01. The highest BCUT2D eigenvalue weighted by Gasteiger charge is 2.48. The summed E-state index contributed by atoms with van der Waals surface area (Å²) in [6, 6.07) is 4.11. The summed E-state index contributed by atoms with van der Waals surface area (Å²) in [4.78, 5) is 54.9. The Bertz CT molecular complexity index is 1060. The Hall–Kier alpha value is -2.81. The Labute approximate surface area is 191 Å². The number of hydrogen-bond donors (Lipinski definition) is 1. The van der Waals surface area contributed by atoms with Crippen molar-refractivity contribution in [2.24, 2.45) is 11.8 Å². The molecule has 0 spiro atoms. The number of nitrogens with one attached hydrogen (secondary N) is 1. The first-order valence-electron chi connectivity index (χ1n) is 11.8. The maximum absolute atomic E-state index is 15.5. The summed E-state index contributed by atoms with van der Waals surface area (Å²) in [6.07, 6.45) is 2.40. The van der Waals surface area contributed by atoms with Gasteiger partial charge in [-0.15, -0.1) is 0 Å². The number of piperidine rings is 3. The quantitative estimate of drug-likeness (QED) is 0.691. The van der Waals surface area contributed by atoms with Crippen molar-refractivity contribution < 1.29 is 23.6 Å². The standard InChI is InChI=1S/C24H27FN4O4/c25-24(13-27-11-14-9-15(14)12-27)5-7-28(8-6-24)16-1-2-17-18(10-16)23(33)29(22(17)32)19-3-4-20(30)26-21(19)31/h1-2,10,14-15,19H,3-9,11-13H2,(H,26,30,31). The number of fused-ring (bicyclic) bond motifs is 2. The molecule has 4 fully saturated rings. The predicted octanol–water partition coefficient (Wildman–Crippen LogP) is 1.35. The number of rotatable bonds is 4. The normalized spacial score (nSPS) is 31.0. The molecule has 4 aliphatic heterocycles. The van der Waals surface area contributed by atoms with Gasteiger partial charge >= 0.3 is 0 Å². The van der Waals surface area contributed by atoms with E-state index in [2.05, 4.69) is 15.1 Å². The fourth-order valence-electron chi connectivity index (χ4n) is 6.00. The second kappa shape index (κ2) is 7.35. The molecule has 174 valence electrons. The van der Waals surface area contributed by atoms with Crippen molar-refractivity contribution in [2.45, 2.75) is 43.8 Å². The summed E-state index contributed by atoms with van der Waals surface area (Å²) in [5.41, 5.74) is 0.121. The Morgan fingerprint density at radius 3 is 2.39 bits per heavy atom. The minimum Gasteiger partial charge on any atom is -0.371 e. The first-order chi connectivity index (χ1) is 15.8. The highest BCUT2D eigenvalue weighted by Crippen LogP contribution is 2.46. The van der Waals surface area contributed by atoms with Gasteiger partial charge in [0, 0.05) is 57.7 Å². The number of carbonyl (C=O) groups excluding carboxylic acids is 4. The molecule has 1 N–H and O–H groups in total. The number of imide groups is 2. The molecule has 1 aromatic carbocycles. The van der Waals surface area contributed by atoms with Gasteiger partial charge in [-0.2, -0.15) is 0 Å². The average molecular weight is 455 g/mol. The van der Waals surface area contributed by atoms with Crippen LogP contribution in [0, 0.1) is 11.8 Å². The fraction of sp³-hybridized carbons (Fsp3) is 0.583. The molecule has 6 rings (SSSR count). The molecule has 5 aliphatic rings. The lowest BCUT2D eigenvalue weighted by Gasteiger charge is -2.39. The molecule has 0 aromatic heterocycles. The lowest BCUT2D eigenvalue weighted by molar-refractivity contribution is -0.136. The second-order valence-electron chi connectivity index (χ2n) is 10.3. The molecule has 9 heteroatoms. The third-order valence-electron chi connectivity index (χ3n) is 8.01. The van der Waals surface area contributed by atoms with Crippen LogP contribution in [0.25, 0.3) is 0 Å². The topological polar surface area (TPSA) is 90.0 Å². The van der Waals surface area contributed by atoms with Crippen molar-refractivity contribution in [3.05, 3.63) is 29.3 Å². The minimum absolute atomic E-state index is 0.0898. The van der Waals surface area contributed by atoms with Crippen LogP contribution in [0.4, 0.5) is 10.1 Å². The number of alkyl halides is 1. The van der Waals surface area contributed by atoms with Crippen LogP contribution in [0.5, 0.6) is 0 Å². The predicted molar refractivity (Wildman–Crippen MR) is 116 cm³/mol. The van der Waals surface area contributed by atoms with Gasteiger partial charge in [0.15, 0.2) is 0 Å². The van der Waals surface area contributed by atoms with Crippen molar-refractivity contribution in [3.8, 4) is 0 Å². The van der Waals surface area contributed by atoms with Gasteiger partial charge in [0.25, 0.3) is 11.8 Å². The Morgan fingerprint density at radius 1 is 1.00 bits per heavy atom. The molecule has 8 nitrogen and oxygen atoms in total. The lowest BCUT2D eigenvalue weighted by atomic mass is 9.92. The van der Waals surface area contributed by atoms with Crippen LogP contribution in [0.2, 0.25) is 0 Å². The van der Waals surface area contributed by atoms with Gasteiger partial charge in [-0.05, 0) is 42.9 Å². The van der Waals surface area contributed by atoms with E-state index in [1.54, 1.807) is 18.2 Å². The van der Waals surface area contributed by atoms with Crippen molar-refractivity contribution in [1.82, 2.24) is 15.1 Å². The van der Waals surface area contributed by atoms with Crippen LogP contribution in [0.3, 0.4) is 0 Å². The Kier molecular flexibility index (Phi) is 4.62. The molecule has 1 aliphatic carbocycles. The zero-order valence-electron chi connectivity index (χ0n) is 18.4. The monoisotopic (exact) mass is 454 g/mol. The summed E-state index contributed by atoms with van der Waals surface area (Å²) in [5, 5.41) is 2.20. The minimum atomic E-state index is -1.18. The maximum Gasteiger partial charge on any atom is 0.262 e. The van der Waals surface area contributed by atoms with E-state index in [0.29, 0.717) is 32.5 Å². The van der Waals surface area contributed by atoms with Crippen LogP contribution in [-0.4, -0.2) is 77.9 Å². The van der Waals surface area contributed by atoms with E-state index in [-0.39, 0.29) is 24.0 Å². The van der Waals surface area contributed by atoms with Crippen molar-refractivity contribution in [3.63, 3.8) is 0 Å². The van der Waals surface area contributed by atoms with Gasteiger partial charge in [0.1, 0.15) is 11.7 Å². The maximum atomic E-state index is 15.5. The number of benzene rings is 1. The number of nitrogens with zero attached hydrogens (tertiary/aromatic N) is 3. The van der Waals surface area contributed by atoms with Gasteiger partial charge in [-0.25, -0.2) is 4.39 Å². The van der Waals surface area contributed by atoms with Crippen LogP contribution >= 0.6 is 0 Å². The largest absolute Gasteiger partial charge is 0.371 e. The smallest absolute Gasteiger partial charge is 0.262 e. The van der Waals surface area contributed by atoms with Gasteiger partial charge in [-0.3, -0.25) is 34.3 Å². The summed E-state index contributed by atoms with van der Waals surface area (Å²) < 4.78 is 15.5. The van der Waals surface area contributed by atoms with E-state index >= 15 is 4.39 Å². The van der Waals surface area contributed by atoms with Gasteiger partial charge in [-0.1, -0.05) is 0 Å². The number of hydrogen-bond acceptors (Lipinski definition) is 6. The van der Waals surface area contributed by atoms with Crippen LogP contribution in [-0.2, 0) is 9.59 Å². The molecule has 33 heavy (non-hydrogen) atoms. The van der Waals surface area contributed by atoms with Gasteiger partial charge in [0.2, 0.25) is 11.8 Å². The van der Waals surface area contributed by atoms with Crippen LogP contribution in [0.1, 0.15) is 52.8 Å². The molecule has 0 radical (unpaired) electrons. The van der Waals surface area contributed by atoms with Crippen LogP contribution in [0.15, 0.2) is 18.2 Å². The molecule has 3 saturated heterocycles. The highest BCUT2D eigenvalue weighted by molar-refractivity contribution is 6.23. The lowest BCUT2D eigenvalue weighted by Crippen LogP contribution is -2.54. The summed E-state index contributed by atoms with van der Waals surface area (Å²) >= 11 is 0. The van der Waals surface area contributed by atoms with Crippen molar-refractivity contribution in [2.75, 3.05) is 37.6 Å². The van der Waals surface area contributed by atoms with E-state index in [0.717, 1.165) is 35.5 Å². The highest BCUT2D eigenvalue weighted by atomic mass is 19.1. The summed E-state index contributed by atoms with van der Waals surface area (Å²) in [6.45, 7) is 3.67. The van der Waals surface area contributed by atoms with Gasteiger partial charge in [0.05, 0.1) is 11.1 Å². The van der Waals surface area contributed by atoms with Crippen molar-refractivity contribution >= 4 is 29.3 Å². The SMILES string of the molecule is O=C1CCC(N2C(=O)c3ccc(N4CCC(F)(CN5CC6CC6C5)CC4)cc3C2=O)C(=O)N1. The molecule has 4 amide bonds. The van der Waals surface area contributed by atoms with E-state index in [9.17, 15) is 19.2 Å². The summed E-state index contributed by atoms with van der Waals surface area (Å²) in [7, 11) is 0. The molecule has 3 unspecified atom stereocenters. The van der Waals surface area contributed by atoms with E-state index in [1.807, 2.05) is 0 Å². The molecule has 4 heterocycles. The molecule has 3 atom stereocenters. The zero-order valence-corrected chi connectivity index (χ0v) is 18.4. The molecule has 1 saturated carbocycles. The molecular formula is C24H27FN4O4. The van der Waals surface area contributed by atoms with Gasteiger partial charge < -0.3 is 4.90 Å².